The summed E-state index contributed by atoms with van der Waals surface area (Å²) < 4.78 is 5.87. The molecule has 1 fully saturated rings. The smallest absolute Gasteiger partial charge is 0.160 e. The Morgan fingerprint density at radius 3 is 2.71 bits per heavy atom. The molecule has 5 nitrogen and oxygen atoms in total. The highest BCUT2D eigenvalue weighted by atomic mass is 32.2. The van der Waals surface area contributed by atoms with Crippen LogP contribution in [-0.2, 0) is 0 Å². The summed E-state index contributed by atoms with van der Waals surface area (Å²) in [7, 11) is 1.76. The van der Waals surface area contributed by atoms with E-state index in [0.29, 0.717) is 5.25 Å². The first-order valence-corrected chi connectivity index (χ1v) is 10.9. The van der Waals surface area contributed by atoms with Gasteiger partial charge in [0.15, 0.2) is 5.17 Å². The number of fused-ring (bicyclic) bond motifs is 1. The van der Waals surface area contributed by atoms with Crippen molar-refractivity contribution in [2.45, 2.75) is 38.1 Å². The van der Waals surface area contributed by atoms with Gasteiger partial charge in [0, 0.05) is 48.4 Å². The van der Waals surface area contributed by atoms with E-state index in [1.165, 1.54) is 11.3 Å². The number of aromatic nitrogens is 1. The molecule has 0 N–H and O–H groups in total. The second-order valence-electron chi connectivity index (χ2n) is 7.24. The van der Waals surface area contributed by atoms with Crippen LogP contribution >= 0.6 is 11.8 Å². The number of nitrogens with zero attached hydrogens (tertiary/aromatic N) is 4. The number of benzene rings is 1. The third-order valence-corrected chi connectivity index (χ3v) is 6.65. The van der Waals surface area contributed by atoms with Crippen LogP contribution in [0, 0.1) is 0 Å². The van der Waals surface area contributed by atoms with Gasteiger partial charge in [0.2, 0.25) is 0 Å². The van der Waals surface area contributed by atoms with Gasteiger partial charge in [-0.2, -0.15) is 0 Å². The minimum atomic E-state index is -0.00981. The van der Waals surface area contributed by atoms with Crippen molar-refractivity contribution in [1.29, 1.82) is 0 Å². The van der Waals surface area contributed by atoms with E-state index in [0.717, 1.165) is 36.2 Å². The van der Waals surface area contributed by atoms with E-state index in [2.05, 4.69) is 59.8 Å². The van der Waals surface area contributed by atoms with Crippen LogP contribution in [0.2, 0.25) is 0 Å². The highest BCUT2D eigenvalue weighted by molar-refractivity contribution is 8.14. The van der Waals surface area contributed by atoms with Crippen LogP contribution in [-0.4, -0.2) is 47.0 Å². The lowest BCUT2D eigenvalue weighted by molar-refractivity contribution is 0.307. The Bertz CT molecular complexity index is 853. The summed E-state index contributed by atoms with van der Waals surface area (Å²) in [5.41, 5.74) is 3.39. The van der Waals surface area contributed by atoms with Crippen molar-refractivity contribution in [3.63, 3.8) is 0 Å². The molecule has 0 bridgehead atoms. The molecule has 3 atom stereocenters. The standard InChI is InChI=1S/C22H28N4OS/c1-5-25(6-2)16-10-11-17(19(13-16)27-4)21-20(18-9-7-8-12-23-18)24-22-26(21)14-15(3)28-22/h7-13,15,20-21H,5-6,14H2,1-4H3/t15-,20+,21+/m0/s1. The number of methoxy groups -OCH3 is 1. The van der Waals surface area contributed by atoms with Crippen LogP contribution in [0.3, 0.4) is 0 Å². The predicted octanol–water partition coefficient (Wildman–Crippen LogP) is 4.53. The minimum absolute atomic E-state index is 0.00981. The third-order valence-electron chi connectivity index (χ3n) is 5.55. The monoisotopic (exact) mass is 396 g/mol. The summed E-state index contributed by atoms with van der Waals surface area (Å²) in [6.45, 7) is 9.58. The van der Waals surface area contributed by atoms with Gasteiger partial charge in [0.1, 0.15) is 11.8 Å². The molecule has 6 heteroatoms. The molecule has 148 valence electrons. The molecule has 1 aromatic heterocycles. The first-order chi connectivity index (χ1) is 13.7. The number of aliphatic imine (C=N–C) groups is 1. The van der Waals surface area contributed by atoms with E-state index in [-0.39, 0.29) is 12.1 Å². The molecule has 0 unspecified atom stereocenters. The number of ether oxygens (including phenoxy) is 1. The lowest BCUT2D eigenvalue weighted by Gasteiger charge is -2.30. The average molecular weight is 397 g/mol. The zero-order chi connectivity index (χ0) is 19.7. The van der Waals surface area contributed by atoms with Gasteiger partial charge >= 0.3 is 0 Å². The lowest BCUT2D eigenvalue weighted by atomic mass is 9.95. The second-order valence-corrected chi connectivity index (χ2v) is 8.64. The molecule has 2 aliphatic heterocycles. The van der Waals surface area contributed by atoms with Crippen molar-refractivity contribution < 1.29 is 4.74 Å². The molecule has 1 aromatic carbocycles. The maximum Gasteiger partial charge on any atom is 0.160 e. The minimum Gasteiger partial charge on any atom is -0.496 e. The van der Waals surface area contributed by atoms with Crippen LogP contribution in [0.5, 0.6) is 5.75 Å². The fourth-order valence-corrected chi connectivity index (χ4v) is 5.28. The Labute approximate surface area is 171 Å². The largest absolute Gasteiger partial charge is 0.496 e. The number of hydrogen-bond donors (Lipinski definition) is 0. The van der Waals surface area contributed by atoms with Gasteiger partial charge in [-0.05, 0) is 32.0 Å². The molecule has 0 saturated carbocycles. The normalized spacial score (nSPS) is 23.5. The molecule has 2 aromatic rings. The van der Waals surface area contributed by atoms with Crippen molar-refractivity contribution >= 4 is 22.6 Å². The second kappa shape index (κ2) is 8.03. The van der Waals surface area contributed by atoms with E-state index < -0.39 is 0 Å². The summed E-state index contributed by atoms with van der Waals surface area (Å²) in [4.78, 5) is 14.5. The van der Waals surface area contributed by atoms with Crippen LogP contribution in [0.15, 0.2) is 47.6 Å². The topological polar surface area (TPSA) is 41.0 Å². The van der Waals surface area contributed by atoms with Crippen molar-refractivity contribution in [1.82, 2.24) is 9.88 Å². The first-order valence-electron chi connectivity index (χ1n) is 10.0. The summed E-state index contributed by atoms with van der Waals surface area (Å²) in [5.74, 6) is 0.927. The molecule has 0 aliphatic carbocycles. The number of hydrogen-bond acceptors (Lipinski definition) is 6. The maximum atomic E-state index is 5.87. The van der Waals surface area contributed by atoms with Crippen LogP contribution < -0.4 is 9.64 Å². The zero-order valence-electron chi connectivity index (χ0n) is 17.0. The van der Waals surface area contributed by atoms with Crippen molar-refractivity contribution in [3.05, 3.63) is 53.9 Å². The molecule has 28 heavy (non-hydrogen) atoms. The van der Waals surface area contributed by atoms with Gasteiger partial charge in [0.05, 0.1) is 18.8 Å². The number of rotatable bonds is 6. The van der Waals surface area contributed by atoms with Crippen LogP contribution in [0.4, 0.5) is 5.69 Å². The van der Waals surface area contributed by atoms with Gasteiger partial charge < -0.3 is 14.5 Å². The molecule has 0 amide bonds. The quantitative estimate of drug-likeness (QED) is 0.718. The highest BCUT2D eigenvalue weighted by Crippen LogP contribution is 2.49. The van der Waals surface area contributed by atoms with Gasteiger partial charge in [-0.25, -0.2) is 0 Å². The van der Waals surface area contributed by atoms with E-state index >= 15 is 0 Å². The van der Waals surface area contributed by atoms with E-state index in [4.69, 9.17) is 9.73 Å². The maximum absolute atomic E-state index is 5.87. The van der Waals surface area contributed by atoms with Gasteiger partial charge in [0.25, 0.3) is 0 Å². The number of pyridine rings is 1. The molecule has 1 saturated heterocycles. The SMILES string of the molecule is CCN(CC)c1ccc([C@@H]2[C@@H](c3ccccn3)N=C3S[C@@H](C)CN32)c(OC)c1. The van der Waals surface area contributed by atoms with Crippen LogP contribution in [0.1, 0.15) is 44.1 Å². The van der Waals surface area contributed by atoms with Gasteiger partial charge in [-0.3, -0.25) is 9.98 Å². The Morgan fingerprint density at radius 2 is 2.04 bits per heavy atom. The Balaban J connectivity index is 1.77. The lowest BCUT2D eigenvalue weighted by Crippen LogP contribution is -2.29. The number of thioether (sulfide) groups is 1. The molecule has 0 radical (unpaired) electrons. The summed E-state index contributed by atoms with van der Waals surface area (Å²) >= 11 is 1.86. The van der Waals surface area contributed by atoms with Crippen LogP contribution in [0.25, 0.3) is 0 Å². The van der Waals surface area contributed by atoms with E-state index in [9.17, 15) is 0 Å². The molecule has 2 aliphatic rings. The molecular weight excluding hydrogens is 368 g/mol. The summed E-state index contributed by atoms with van der Waals surface area (Å²) in [6, 6.07) is 12.8. The van der Waals surface area contributed by atoms with Crippen molar-refractivity contribution in [2.24, 2.45) is 4.99 Å². The number of anilines is 1. The van der Waals surface area contributed by atoms with Gasteiger partial charge in [-0.1, -0.05) is 30.8 Å². The summed E-state index contributed by atoms with van der Waals surface area (Å²) in [6.07, 6.45) is 1.85. The zero-order valence-corrected chi connectivity index (χ0v) is 17.8. The van der Waals surface area contributed by atoms with E-state index in [1.807, 2.05) is 30.1 Å². The number of amidine groups is 1. The first kappa shape index (κ1) is 19.1. The van der Waals surface area contributed by atoms with E-state index in [1.54, 1.807) is 7.11 Å². The fraction of sp³-hybridized carbons (Fsp3) is 0.455. The Morgan fingerprint density at radius 1 is 1.21 bits per heavy atom. The van der Waals surface area contributed by atoms with Gasteiger partial charge in [-0.15, -0.1) is 0 Å². The highest BCUT2D eigenvalue weighted by Gasteiger charge is 2.44. The molecule has 3 heterocycles. The predicted molar refractivity (Wildman–Crippen MR) is 117 cm³/mol. The molecule has 0 spiro atoms. The molecule has 4 rings (SSSR count). The molecular formula is C22H28N4OS. The summed E-state index contributed by atoms with van der Waals surface area (Å²) in [5, 5.41) is 1.68. The Kier molecular flexibility index (Phi) is 5.49. The Hall–Kier alpha value is -2.21. The fourth-order valence-electron chi connectivity index (χ4n) is 4.18. The van der Waals surface area contributed by atoms with Crippen molar-refractivity contribution in [3.8, 4) is 5.75 Å². The average Bonchev–Trinajstić information content (AvgIpc) is 3.25. The third kappa shape index (κ3) is 3.34. The van der Waals surface area contributed by atoms with Crippen molar-refractivity contribution in [2.75, 3.05) is 31.6 Å².